The summed E-state index contributed by atoms with van der Waals surface area (Å²) in [5, 5.41) is 14.4. The number of alkyl halides is 3. The zero-order chi connectivity index (χ0) is 23.0. The van der Waals surface area contributed by atoms with Crippen molar-refractivity contribution < 1.29 is 20.6 Å². The van der Waals surface area contributed by atoms with Gasteiger partial charge in [0.15, 0.2) is 5.69 Å². The van der Waals surface area contributed by atoms with Crippen LogP contribution >= 0.6 is 11.6 Å². The van der Waals surface area contributed by atoms with Crippen molar-refractivity contribution in [2.24, 2.45) is 0 Å². The van der Waals surface area contributed by atoms with Gasteiger partial charge in [-0.15, -0.1) is 0 Å². The second-order valence-electron chi connectivity index (χ2n) is 5.40. The van der Waals surface area contributed by atoms with Crippen molar-refractivity contribution in [3.05, 3.63) is 79.3 Å². The van der Waals surface area contributed by atoms with Crippen LogP contribution in [0, 0.1) is 11.3 Å². The molecule has 0 amide bonds. The van der Waals surface area contributed by atoms with Gasteiger partial charge in [0.1, 0.15) is 5.75 Å². The Balaban J connectivity index is 2.21. The van der Waals surface area contributed by atoms with E-state index in [0.717, 1.165) is 24.3 Å². The van der Waals surface area contributed by atoms with E-state index in [1.165, 1.54) is 6.07 Å². The first kappa shape index (κ1) is 17.4. The summed E-state index contributed by atoms with van der Waals surface area (Å²) < 4.78 is 61.9. The predicted octanol–water partition coefficient (Wildman–Crippen LogP) is 2.71. The van der Waals surface area contributed by atoms with Crippen molar-refractivity contribution in [1.29, 1.82) is 5.26 Å². The number of rotatable bonds is 4. The quantitative estimate of drug-likeness (QED) is 0.687. The number of nitrogens with zero attached hydrogens (tertiary/aromatic N) is 4. The summed E-state index contributed by atoms with van der Waals surface area (Å²) in [5.74, 6) is -1.71. The van der Waals surface area contributed by atoms with E-state index >= 15 is 0 Å². The minimum absolute atomic E-state index is 0.0420. The number of halogens is 4. The lowest BCUT2D eigenvalue weighted by molar-refractivity contribution is -0.142. The standard InChI is InChI=1S/C17H9ClF3N5O3/c18-10-3-9(6-22)4-12(5-10)29-14-15(17(19,20)21)23-8-26(16(14)28)7-11-1-2-13(27)25-24-11/h1-5,8H,7H2,(H,25,27)/i7D2. The normalized spacial score (nSPS) is 12.7. The summed E-state index contributed by atoms with van der Waals surface area (Å²) in [6.45, 7) is -2.80. The molecule has 0 aliphatic carbocycles. The second-order valence-corrected chi connectivity index (χ2v) is 5.84. The lowest BCUT2D eigenvalue weighted by Crippen LogP contribution is -2.27. The Hall–Kier alpha value is -3.65. The summed E-state index contributed by atoms with van der Waals surface area (Å²) in [6, 6.07) is 6.95. The molecule has 2 aromatic heterocycles. The molecule has 0 radical (unpaired) electrons. The number of benzene rings is 1. The van der Waals surface area contributed by atoms with Gasteiger partial charge >= 0.3 is 6.18 Å². The zero-order valence-electron chi connectivity index (χ0n) is 16.0. The number of hydrogen-bond acceptors (Lipinski definition) is 6. The Morgan fingerprint density at radius 1 is 1.31 bits per heavy atom. The number of nitrogens with one attached hydrogen (secondary N) is 1. The molecule has 148 valence electrons. The van der Waals surface area contributed by atoms with Gasteiger partial charge in [-0.25, -0.2) is 10.1 Å². The molecule has 0 saturated carbocycles. The minimum Gasteiger partial charge on any atom is -0.449 e. The zero-order valence-corrected chi connectivity index (χ0v) is 14.7. The number of aromatic amines is 1. The van der Waals surface area contributed by atoms with E-state index < -0.39 is 40.9 Å². The molecular formula is C17H9ClF3N5O3. The number of hydrogen-bond donors (Lipinski definition) is 1. The van der Waals surface area contributed by atoms with Gasteiger partial charge < -0.3 is 4.74 Å². The second kappa shape index (κ2) is 7.76. The average molecular weight is 426 g/mol. The lowest BCUT2D eigenvalue weighted by atomic mass is 10.2. The third-order valence-electron chi connectivity index (χ3n) is 3.33. The SMILES string of the molecule is [2H]C([2H])(c1ccc(=O)[nH]n1)n1cnc(C(F)(F)F)c(Oc2cc(Cl)cc(C#N)c2)c1=O. The van der Waals surface area contributed by atoms with Crippen molar-refractivity contribution in [1.82, 2.24) is 19.7 Å². The summed E-state index contributed by atoms with van der Waals surface area (Å²) in [7, 11) is 0. The van der Waals surface area contributed by atoms with E-state index in [9.17, 15) is 22.8 Å². The smallest absolute Gasteiger partial charge is 0.437 e. The summed E-state index contributed by atoms with van der Waals surface area (Å²) in [4.78, 5) is 27.1. The third kappa shape index (κ3) is 4.61. The molecule has 0 saturated heterocycles. The Morgan fingerprint density at radius 3 is 2.69 bits per heavy atom. The fraction of sp³-hybridized carbons (Fsp3) is 0.118. The minimum atomic E-state index is -5.12. The van der Waals surface area contributed by atoms with Crippen LogP contribution in [0.2, 0.25) is 5.02 Å². The van der Waals surface area contributed by atoms with Crippen LogP contribution in [0.25, 0.3) is 0 Å². The summed E-state index contributed by atoms with van der Waals surface area (Å²) in [5.41, 5.74) is -4.42. The molecule has 2 heterocycles. The Labute approximate surface area is 167 Å². The maximum atomic E-state index is 13.4. The van der Waals surface area contributed by atoms with Crippen molar-refractivity contribution >= 4 is 11.6 Å². The molecule has 8 nitrogen and oxygen atoms in total. The maximum Gasteiger partial charge on any atom is 0.437 e. The molecule has 0 unspecified atom stereocenters. The van der Waals surface area contributed by atoms with Gasteiger partial charge in [0.25, 0.3) is 11.1 Å². The van der Waals surface area contributed by atoms with E-state index in [-0.39, 0.29) is 20.9 Å². The van der Waals surface area contributed by atoms with Gasteiger partial charge in [-0.2, -0.15) is 23.5 Å². The van der Waals surface area contributed by atoms with E-state index in [4.69, 9.17) is 24.3 Å². The number of aromatic nitrogens is 4. The molecule has 0 spiro atoms. The fourth-order valence-corrected chi connectivity index (χ4v) is 2.37. The van der Waals surface area contributed by atoms with E-state index in [1.54, 1.807) is 6.07 Å². The van der Waals surface area contributed by atoms with Gasteiger partial charge in [0.05, 0.1) is 32.9 Å². The first-order valence-electron chi connectivity index (χ1n) is 8.57. The molecule has 12 heteroatoms. The first-order valence-corrected chi connectivity index (χ1v) is 7.95. The van der Waals surface area contributed by atoms with Gasteiger partial charge in [-0.1, -0.05) is 11.6 Å². The molecular weight excluding hydrogens is 415 g/mol. The van der Waals surface area contributed by atoms with Crippen molar-refractivity contribution in [3.8, 4) is 17.6 Å². The molecule has 0 fully saturated rings. The van der Waals surface area contributed by atoms with Gasteiger partial charge in [-0.3, -0.25) is 14.2 Å². The molecule has 1 aromatic carbocycles. The molecule has 3 aromatic rings. The van der Waals surface area contributed by atoms with Crippen LogP contribution in [0.5, 0.6) is 11.5 Å². The van der Waals surface area contributed by atoms with Crippen LogP contribution in [0.3, 0.4) is 0 Å². The molecule has 0 atom stereocenters. The van der Waals surface area contributed by atoms with Crippen molar-refractivity contribution in [3.63, 3.8) is 0 Å². The van der Waals surface area contributed by atoms with Crippen molar-refractivity contribution in [2.75, 3.05) is 0 Å². The highest BCUT2D eigenvalue weighted by Gasteiger charge is 2.38. The fourth-order valence-electron chi connectivity index (χ4n) is 2.14. The van der Waals surface area contributed by atoms with Gasteiger partial charge in [0, 0.05) is 11.1 Å². The van der Waals surface area contributed by atoms with Gasteiger partial charge in [-0.05, 0) is 24.3 Å². The monoisotopic (exact) mass is 425 g/mol. The largest absolute Gasteiger partial charge is 0.449 e. The molecule has 0 aliphatic rings. The number of ether oxygens (including phenoxy) is 1. The summed E-state index contributed by atoms with van der Waals surface area (Å²) in [6.07, 6.45) is -4.77. The molecule has 29 heavy (non-hydrogen) atoms. The van der Waals surface area contributed by atoms with Crippen molar-refractivity contribution in [2.45, 2.75) is 12.7 Å². The molecule has 0 bridgehead atoms. The van der Waals surface area contributed by atoms with Crippen LogP contribution in [0.15, 0.2) is 46.2 Å². The van der Waals surface area contributed by atoms with Crippen LogP contribution in [-0.4, -0.2) is 19.7 Å². The first-order chi connectivity index (χ1) is 14.4. The van der Waals surface area contributed by atoms with Crippen LogP contribution in [-0.2, 0) is 12.7 Å². The molecule has 0 aliphatic heterocycles. The van der Waals surface area contributed by atoms with E-state index in [2.05, 4.69) is 10.1 Å². The number of H-pyrrole nitrogens is 1. The number of nitriles is 1. The Bertz CT molecular complexity index is 1300. The Kier molecular flexibility index (Phi) is 4.67. The third-order valence-corrected chi connectivity index (χ3v) is 3.55. The highest BCUT2D eigenvalue weighted by Crippen LogP contribution is 2.35. The lowest BCUT2D eigenvalue weighted by Gasteiger charge is -2.14. The van der Waals surface area contributed by atoms with Crippen LogP contribution in [0.4, 0.5) is 13.2 Å². The highest BCUT2D eigenvalue weighted by molar-refractivity contribution is 6.30. The topological polar surface area (TPSA) is 114 Å². The maximum absolute atomic E-state index is 13.4. The van der Waals surface area contributed by atoms with E-state index in [0.29, 0.717) is 6.33 Å². The van der Waals surface area contributed by atoms with Crippen LogP contribution < -0.4 is 15.9 Å². The van der Waals surface area contributed by atoms with Gasteiger partial charge in [0.2, 0.25) is 5.75 Å². The van der Waals surface area contributed by atoms with E-state index in [1.807, 2.05) is 5.10 Å². The Morgan fingerprint density at radius 2 is 2.07 bits per heavy atom. The molecule has 3 rings (SSSR count). The molecule has 1 N–H and O–H groups in total. The average Bonchev–Trinajstić information content (AvgIpc) is 2.68. The predicted molar refractivity (Wildman–Crippen MR) is 93.7 cm³/mol. The highest BCUT2D eigenvalue weighted by atomic mass is 35.5. The van der Waals surface area contributed by atoms with Crippen LogP contribution in [0.1, 0.15) is 19.7 Å². The summed E-state index contributed by atoms with van der Waals surface area (Å²) >= 11 is 5.81.